The van der Waals surface area contributed by atoms with Crippen molar-refractivity contribution in [1.82, 2.24) is 4.72 Å². The smallest absolute Gasteiger partial charge is 0.263 e. The molecule has 0 saturated heterocycles. The largest absolute Gasteiger partial charge is 0.394 e. The van der Waals surface area contributed by atoms with Gasteiger partial charge in [-0.25, -0.2) is 8.42 Å². The minimum Gasteiger partial charge on any atom is -0.394 e. The minimum atomic E-state index is -3.48. The van der Waals surface area contributed by atoms with Crippen LogP contribution in [0.2, 0.25) is 0 Å². The average Bonchev–Trinajstić information content (AvgIpc) is 2.57. The van der Waals surface area contributed by atoms with Crippen molar-refractivity contribution in [2.75, 3.05) is 6.61 Å². The molecule has 0 radical (unpaired) electrons. The van der Waals surface area contributed by atoms with Gasteiger partial charge in [0.05, 0.1) is 17.0 Å². The maximum atomic E-state index is 11.9. The lowest BCUT2D eigenvalue weighted by Crippen LogP contribution is -2.41. The quantitative estimate of drug-likeness (QED) is 0.824. The zero-order valence-electron chi connectivity index (χ0n) is 9.76. The van der Waals surface area contributed by atoms with Crippen LogP contribution in [-0.4, -0.2) is 31.5 Å². The topological polar surface area (TPSA) is 78.8 Å². The van der Waals surface area contributed by atoms with Gasteiger partial charge in [0, 0.05) is 5.56 Å². The molecule has 18 heavy (non-hydrogen) atoms. The van der Waals surface area contributed by atoms with Gasteiger partial charge in [-0.15, -0.1) is 0 Å². The third kappa shape index (κ3) is 1.64. The number of benzene rings is 1. The Balaban J connectivity index is 2.09. The molecule has 1 heterocycles. The Bertz CT molecular complexity index is 612. The second kappa shape index (κ2) is 3.80. The van der Waals surface area contributed by atoms with Gasteiger partial charge in [-0.3, -0.25) is 9.71 Å². The molecule has 1 aliphatic carbocycles. The van der Waals surface area contributed by atoms with Crippen molar-refractivity contribution < 1.29 is 13.5 Å². The maximum absolute atomic E-state index is 11.9. The highest BCUT2D eigenvalue weighted by Crippen LogP contribution is 2.36. The lowest BCUT2D eigenvalue weighted by molar-refractivity contribution is 0.128. The van der Waals surface area contributed by atoms with Gasteiger partial charge in [-0.1, -0.05) is 12.1 Å². The number of aliphatic hydroxyl groups excluding tert-OH is 1. The van der Waals surface area contributed by atoms with Gasteiger partial charge in [0.25, 0.3) is 10.0 Å². The molecular formula is C12H14N2O3S. The van der Waals surface area contributed by atoms with Gasteiger partial charge in [0.15, 0.2) is 0 Å². The van der Waals surface area contributed by atoms with E-state index in [1.165, 1.54) is 0 Å². The van der Waals surface area contributed by atoms with Gasteiger partial charge in [-0.2, -0.15) is 0 Å². The molecule has 5 nitrogen and oxygen atoms in total. The Kier molecular flexibility index (Phi) is 2.46. The van der Waals surface area contributed by atoms with Crippen molar-refractivity contribution in [1.29, 1.82) is 0 Å². The summed E-state index contributed by atoms with van der Waals surface area (Å²) >= 11 is 0. The highest BCUT2D eigenvalue weighted by atomic mass is 32.2. The van der Waals surface area contributed by atoms with Gasteiger partial charge in [0.2, 0.25) is 0 Å². The number of aliphatic hydroxyl groups is 1. The fourth-order valence-corrected chi connectivity index (χ4v) is 3.58. The molecule has 0 amide bonds. The second-order valence-electron chi connectivity index (χ2n) is 4.80. The van der Waals surface area contributed by atoms with E-state index >= 15 is 0 Å². The number of amidine groups is 1. The zero-order chi connectivity index (χ0) is 12.8. The first-order valence-electron chi connectivity index (χ1n) is 5.89. The average molecular weight is 266 g/mol. The third-order valence-corrected chi connectivity index (χ3v) is 4.99. The van der Waals surface area contributed by atoms with Crippen LogP contribution in [0, 0.1) is 0 Å². The SMILES string of the molecule is O=S1(=O)NC(=NC2(CO)CCC2)c2ccccc21. The van der Waals surface area contributed by atoms with Crippen LogP contribution in [0.15, 0.2) is 34.2 Å². The molecule has 0 bridgehead atoms. The van der Waals surface area contributed by atoms with E-state index in [1.807, 2.05) is 0 Å². The normalized spacial score (nSPS) is 25.3. The van der Waals surface area contributed by atoms with Crippen molar-refractivity contribution in [2.24, 2.45) is 4.99 Å². The van der Waals surface area contributed by atoms with Crippen LogP contribution in [0.25, 0.3) is 0 Å². The van der Waals surface area contributed by atoms with Crippen LogP contribution < -0.4 is 4.72 Å². The molecule has 2 aliphatic rings. The molecule has 0 spiro atoms. The van der Waals surface area contributed by atoms with E-state index in [1.54, 1.807) is 24.3 Å². The van der Waals surface area contributed by atoms with E-state index in [2.05, 4.69) is 9.71 Å². The lowest BCUT2D eigenvalue weighted by atomic mass is 9.78. The minimum absolute atomic E-state index is 0.0413. The van der Waals surface area contributed by atoms with Crippen molar-refractivity contribution in [3.63, 3.8) is 0 Å². The number of rotatable bonds is 2. The lowest BCUT2D eigenvalue weighted by Gasteiger charge is -2.36. The first kappa shape index (κ1) is 11.7. The number of hydrogen-bond acceptors (Lipinski definition) is 4. The first-order valence-corrected chi connectivity index (χ1v) is 7.38. The van der Waals surface area contributed by atoms with Crippen LogP contribution >= 0.6 is 0 Å². The van der Waals surface area contributed by atoms with Crippen molar-refractivity contribution in [2.45, 2.75) is 29.7 Å². The van der Waals surface area contributed by atoms with Crippen molar-refractivity contribution >= 4 is 15.9 Å². The van der Waals surface area contributed by atoms with E-state index in [4.69, 9.17) is 0 Å². The fourth-order valence-electron chi connectivity index (χ4n) is 2.34. The number of aliphatic imine (C=N–C) groups is 1. The zero-order valence-corrected chi connectivity index (χ0v) is 10.6. The van der Waals surface area contributed by atoms with E-state index < -0.39 is 15.6 Å². The summed E-state index contributed by atoms with van der Waals surface area (Å²) in [4.78, 5) is 4.70. The van der Waals surface area contributed by atoms with E-state index in [0.717, 1.165) is 19.3 Å². The van der Waals surface area contributed by atoms with Gasteiger partial charge in [0.1, 0.15) is 5.84 Å². The Morgan fingerprint density at radius 1 is 1.33 bits per heavy atom. The van der Waals surface area contributed by atoms with Crippen molar-refractivity contribution in [3.8, 4) is 0 Å². The maximum Gasteiger partial charge on any atom is 0.263 e. The van der Waals surface area contributed by atoms with Crippen LogP contribution in [0.5, 0.6) is 0 Å². The highest BCUT2D eigenvalue weighted by molar-refractivity contribution is 7.90. The molecule has 1 aromatic carbocycles. The first-order chi connectivity index (χ1) is 8.56. The number of fused-ring (bicyclic) bond motifs is 1. The standard InChI is InChI=1S/C12H14N2O3S/c15-8-12(6-3-7-12)13-11-9-4-1-2-5-10(9)18(16,17)14-11/h1-2,4-5,15H,3,6-8H2,(H,13,14). The number of sulfonamides is 1. The molecule has 1 fully saturated rings. The summed E-state index contributed by atoms with van der Waals surface area (Å²) in [6.45, 7) is -0.0413. The molecule has 0 atom stereocenters. The molecule has 1 aromatic rings. The summed E-state index contributed by atoms with van der Waals surface area (Å²) in [6, 6.07) is 6.76. The van der Waals surface area contributed by atoms with E-state index in [0.29, 0.717) is 11.4 Å². The summed E-state index contributed by atoms with van der Waals surface area (Å²) < 4.78 is 26.2. The third-order valence-electron chi connectivity index (χ3n) is 3.59. The van der Waals surface area contributed by atoms with Gasteiger partial charge >= 0.3 is 0 Å². The molecule has 3 rings (SSSR count). The Labute approximate surface area is 106 Å². The molecular weight excluding hydrogens is 252 g/mol. The van der Waals surface area contributed by atoms with Crippen LogP contribution in [0.4, 0.5) is 0 Å². The van der Waals surface area contributed by atoms with E-state index in [9.17, 15) is 13.5 Å². The summed E-state index contributed by atoms with van der Waals surface area (Å²) in [5.41, 5.74) is 0.104. The predicted molar refractivity (Wildman–Crippen MR) is 67.0 cm³/mol. The number of hydrogen-bond donors (Lipinski definition) is 2. The van der Waals surface area contributed by atoms with Crippen molar-refractivity contribution in [3.05, 3.63) is 29.8 Å². The molecule has 96 valence electrons. The summed E-state index contributed by atoms with van der Waals surface area (Å²) in [7, 11) is -3.48. The summed E-state index contributed by atoms with van der Waals surface area (Å²) in [6.07, 6.45) is 2.62. The number of nitrogens with one attached hydrogen (secondary N) is 1. The second-order valence-corrected chi connectivity index (χ2v) is 6.45. The Morgan fingerprint density at radius 3 is 2.67 bits per heavy atom. The summed E-state index contributed by atoms with van der Waals surface area (Å²) in [5, 5.41) is 9.39. The monoisotopic (exact) mass is 266 g/mol. The predicted octanol–water partition coefficient (Wildman–Crippen LogP) is 0.640. The Morgan fingerprint density at radius 2 is 2.06 bits per heavy atom. The number of nitrogens with zero attached hydrogens (tertiary/aromatic N) is 1. The molecule has 1 aliphatic heterocycles. The van der Waals surface area contributed by atoms with Crippen LogP contribution in [-0.2, 0) is 10.0 Å². The van der Waals surface area contributed by atoms with Crippen LogP contribution in [0.1, 0.15) is 24.8 Å². The molecule has 2 N–H and O–H groups in total. The van der Waals surface area contributed by atoms with E-state index in [-0.39, 0.29) is 11.5 Å². The molecule has 6 heteroatoms. The molecule has 0 unspecified atom stereocenters. The van der Waals surface area contributed by atoms with Crippen LogP contribution in [0.3, 0.4) is 0 Å². The summed E-state index contributed by atoms with van der Waals surface area (Å²) in [5.74, 6) is 0.361. The molecule has 0 aromatic heterocycles. The molecule has 1 saturated carbocycles. The van der Waals surface area contributed by atoms with Gasteiger partial charge in [-0.05, 0) is 31.4 Å². The Hall–Kier alpha value is -1.40. The highest BCUT2D eigenvalue weighted by Gasteiger charge is 2.39. The fraction of sp³-hybridized carbons (Fsp3) is 0.417. The van der Waals surface area contributed by atoms with Gasteiger partial charge < -0.3 is 5.11 Å².